The number of para-hydroxylation sites is 1. The molecule has 9 aromatic rings. The maximum Gasteiger partial charge on any atom is 2.00 e. The number of rotatable bonds is 4. The Kier molecular flexibility index (Phi) is 7.15. The van der Waals surface area contributed by atoms with Crippen molar-refractivity contribution in [1.82, 2.24) is 23.9 Å². The normalized spacial score (nSPS) is 11.9. The van der Waals surface area contributed by atoms with Crippen LogP contribution < -0.4 is 4.74 Å². The van der Waals surface area contributed by atoms with Crippen LogP contribution in [0.1, 0.15) is 26.3 Å². The Morgan fingerprint density at radius 2 is 1.35 bits per heavy atom. The molecule has 0 radical (unpaired) electrons. The number of fused-ring (bicyclic) bond motifs is 9. The third-order valence-electron chi connectivity index (χ3n) is 8.81. The minimum Gasteiger partial charge on any atom is -0.503 e. The Morgan fingerprint density at radius 1 is 0.646 bits per heavy atom. The van der Waals surface area contributed by atoms with E-state index in [9.17, 15) is 0 Å². The van der Waals surface area contributed by atoms with Gasteiger partial charge in [-0.1, -0.05) is 97.9 Å². The number of ether oxygens (including phenoxy) is 1. The second kappa shape index (κ2) is 11.4. The summed E-state index contributed by atoms with van der Waals surface area (Å²) in [4.78, 5) is 14.6. The van der Waals surface area contributed by atoms with Crippen LogP contribution in [0, 0.1) is 12.1 Å². The fourth-order valence-electron chi connectivity index (χ4n) is 6.50. The van der Waals surface area contributed by atoms with E-state index in [-0.39, 0.29) is 26.5 Å². The summed E-state index contributed by atoms with van der Waals surface area (Å²) in [5, 5.41) is 5.16. The van der Waals surface area contributed by atoms with E-state index < -0.39 is 0 Å². The standard InChI is InChI=1S/C41H29N5O.Pt/c1-41(2,3)27-21-28(46-37-16-8-7-13-32(37)34-15-10-20-43-39(34)46)23-30(22-27)47-29-17-18-31-33-14-9-19-42-38(33)45-25-36(26-11-5-4-6-12-26)44-40(45)35(31)24-29;/h4-22,25H,1-3H3;/q-2;+2. The van der Waals surface area contributed by atoms with Gasteiger partial charge in [-0.05, 0) is 35.1 Å². The largest absolute Gasteiger partial charge is 2.00 e. The van der Waals surface area contributed by atoms with Crippen LogP contribution in [0.5, 0.6) is 11.5 Å². The topological polar surface area (TPSA) is 57.2 Å². The molecule has 0 fully saturated rings. The third kappa shape index (κ3) is 4.87. The summed E-state index contributed by atoms with van der Waals surface area (Å²) in [6, 6.07) is 42.2. The first-order valence-corrected chi connectivity index (χ1v) is 15.7. The Labute approximate surface area is 291 Å². The molecule has 7 heteroatoms. The summed E-state index contributed by atoms with van der Waals surface area (Å²) in [5.74, 6) is 1.19. The van der Waals surface area contributed by atoms with Gasteiger partial charge in [0.1, 0.15) is 11.3 Å². The minimum absolute atomic E-state index is 0. The van der Waals surface area contributed by atoms with Crippen LogP contribution >= 0.6 is 0 Å². The van der Waals surface area contributed by atoms with E-state index in [0.717, 1.165) is 71.9 Å². The van der Waals surface area contributed by atoms with Gasteiger partial charge in [-0.25, -0.2) is 9.97 Å². The van der Waals surface area contributed by atoms with E-state index in [1.165, 1.54) is 0 Å². The number of aromatic nitrogens is 5. The van der Waals surface area contributed by atoms with Crippen LogP contribution in [-0.2, 0) is 26.5 Å². The van der Waals surface area contributed by atoms with Crippen molar-refractivity contribution in [3.63, 3.8) is 0 Å². The van der Waals surface area contributed by atoms with Gasteiger partial charge in [-0.2, -0.15) is 0 Å². The number of nitrogens with zero attached hydrogens (tertiary/aromatic N) is 5. The summed E-state index contributed by atoms with van der Waals surface area (Å²) < 4.78 is 10.9. The SMILES string of the molecule is CC(C)(C)c1cc(Oc2[c-]c3c(cc2)c2cccnc2n2cc(-c4ccccc4)nc32)[c-]c(-n2c3ccccc3c3cccnc32)c1.[Pt+2]. The molecule has 5 aromatic heterocycles. The third-order valence-corrected chi connectivity index (χ3v) is 8.81. The van der Waals surface area contributed by atoms with E-state index in [0.29, 0.717) is 11.5 Å². The van der Waals surface area contributed by atoms with Crippen molar-refractivity contribution in [2.45, 2.75) is 26.2 Å². The molecule has 0 spiro atoms. The molecule has 48 heavy (non-hydrogen) atoms. The van der Waals surface area contributed by atoms with Gasteiger partial charge in [0.2, 0.25) is 0 Å². The van der Waals surface area contributed by atoms with Gasteiger partial charge in [0, 0.05) is 46.4 Å². The smallest absolute Gasteiger partial charge is 0.503 e. The Hall–Kier alpha value is -5.32. The van der Waals surface area contributed by atoms with Crippen molar-refractivity contribution >= 4 is 49.4 Å². The number of hydrogen-bond donors (Lipinski definition) is 0. The van der Waals surface area contributed by atoms with Crippen molar-refractivity contribution in [3.8, 4) is 28.4 Å². The van der Waals surface area contributed by atoms with E-state index in [2.05, 4.69) is 109 Å². The van der Waals surface area contributed by atoms with E-state index in [1.807, 2.05) is 55.0 Å². The zero-order chi connectivity index (χ0) is 31.7. The van der Waals surface area contributed by atoms with Gasteiger partial charge in [0.05, 0.1) is 16.9 Å². The Morgan fingerprint density at radius 3 is 2.15 bits per heavy atom. The first-order chi connectivity index (χ1) is 22.9. The van der Waals surface area contributed by atoms with Gasteiger partial charge in [-0.3, -0.25) is 4.98 Å². The minimum atomic E-state index is -0.136. The zero-order valence-electron chi connectivity index (χ0n) is 26.5. The predicted octanol–water partition coefficient (Wildman–Crippen LogP) is 9.88. The Balaban J connectivity index is 0.00000336. The fraction of sp³-hybridized carbons (Fsp3) is 0.0976. The number of pyridine rings is 3. The Bertz CT molecular complexity index is 2600. The molecule has 4 aromatic carbocycles. The van der Waals surface area contributed by atoms with Gasteiger partial charge in [-0.15, -0.1) is 35.9 Å². The molecule has 0 saturated heterocycles. The molecule has 9 rings (SSSR count). The average molecular weight is 803 g/mol. The molecule has 0 unspecified atom stereocenters. The van der Waals surface area contributed by atoms with Crippen LogP contribution in [0.3, 0.4) is 0 Å². The van der Waals surface area contributed by atoms with Gasteiger partial charge in [0.25, 0.3) is 0 Å². The number of benzene rings is 4. The average Bonchev–Trinajstić information content (AvgIpc) is 3.69. The van der Waals surface area contributed by atoms with Crippen molar-refractivity contribution in [1.29, 1.82) is 0 Å². The monoisotopic (exact) mass is 802 g/mol. The molecule has 0 bridgehead atoms. The second-order valence-corrected chi connectivity index (χ2v) is 12.9. The molecule has 0 N–H and O–H groups in total. The van der Waals surface area contributed by atoms with Gasteiger partial charge < -0.3 is 13.7 Å². The molecular weight excluding hydrogens is 774 g/mol. The fourth-order valence-corrected chi connectivity index (χ4v) is 6.50. The predicted molar refractivity (Wildman–Crippen MR) is 188 cm³/mol. The molecule has 6 nitrogen and oxygen atoms in total. The number of hydrogen-bond acceptors (Lipinski definition) is 4. The first-order valence-electron chi connectivity index (χ1n) is 15.7. The second-order valence-electron chi connectivity index (χ2n) is 12.9. The van der Waals surface area contributed by atoms with Gasteiger partial charge in [0.15, 0.2) is 0 Å². The summed E-state index contributed by atoms with van der Waals surface area (Å²) in [6.45, 7) is 6.63. The molecule has 0 amide bonds. The van der Waals surface area contributed by atoms with Crippen LogP contribution in [0.2, 0.25) is 0 Å². The summed E-state index contributed by atoms with van der Waals surface area (Å²) in [5.41, 5.74) is 7.37. The van der Waals surface area contributed by atoms with Gasteiger partial charge >= 0.3 is 21.1 Å². The summed E-state index contributed by atoms with van der Waals surface area (Å²) >= 11 is 0. The molecule has 5 heterocycles. The van der Waals surface area contributed by atoms with E-state index >= 15 is 0 Å². The first kappa shape index (κ1) is 30.0. The van der Waals surface area contributed by atoms with Crippen LogP contribution in [-0.4, -0.2) is 23.9 Å². The molecule has 0 atom stereocenters. The maximum absolute atomic E-state index is 6.64. The van der Waals surface area contributed by atoms with E-state index in [1.54, 1.807) is 0 Å². The van der Waals surface area contributed by atoms with Crippen molar-refractivity contribution in [2.24, 2.45) is 0 Å². The van der Waals surface area contributed by atoms with Crippen LogP contribution in [0.4, 0.5) is 0 Å². The number of imidazole rings is 1. The summed E-state index contributed by atoms with van der Waals surface area (Å²) in [7, 11) is 0. The molecule has 234 valence electrons. The molecular formula is C41H29N5OPt. The van der Waals surface area contributed by atoms with Crippen LogP contribution in [0.25, 0.3) is 66.3 Å². The van der Waals surface area contributed by atoms with Crippen molar-refractivity contribution in [3.05, 3.63) is 139 Å². The molecule has 0 aliphatic heterocycles. The zero-order valence-corrected chi connectivity index (χ0v) is 28.8. The molecule has 0 saturated carbocycles. The summed E-state index contributed by atoms with van der Waals surface area (Å²) in [6.07, 6.45) is 5.71. The maximum atomic E-state index is 6.64. The molecule has 0 aliphatic rings. The quantitative estimate of drug-likeness (QED) is 0.131. The van der Waals surface area contributed by atoms with Crippen molar-refractivity contribution < 1.29 is 25.8 Å². The van der Waals surface area contributed by atoms with E-state index in [4.69, 9.17) is 19.7 Å². The van der Waals surface area contributed by atoms with Crippen molar-refractivity contribution in [2.75, 3.05) is 0 Å². The molecule has 0 aliphatic carbocycles. The van der Waals surface area contributed by atoms with Crippen LogP contribution in [0.15, 0.2) is 122 Å².